The van der Waals surface area contributed by atoms with E-state index in [1.807, 2.05) is 42.5 Å². The van der Waals surface area contributed by atoms with Crippen molar-refractivity contribution in [2.45, 2.75) is 38.5 Å². The highest BCUT2D eigenvalue weighted by Gasteiger charge is 2.37. The van der Waals surface area contributed by atoms with E-state index in [1.165, 1.54) is 23.8 Å². The van der Waals surface area contributed by atoms with Crippen LogP contribution in [0.3, 0.4) is 0 Å². The summed E-state index contributed by atoms with van der Waals surface area (Å²) >= 11 is 0. The first kappa shape index (κ1) is 30.0. The van der Waals surface area contributed by atoms with Crippen LogP contribution < -0.4 is 0 Å². The highest BCUT2D eigenvalue weighted by Crippen LogP contribution is 2.31. The maximum Gasteiger partial charge on any atom is 0.310 e. The number of rotatable bonds is 15. The van der Waals surface area contributed by atoms with E-state index in [4.69, 9.17) is 4.74 Å². The van der Waals surface area contributed by atoms with Gasteiger partial charge in [0.15, 0.2) is 0 Å². The summed E-state index contributed by atoms with van der Waals surface area (Å²) in [6.07, 6.45) is 2.55. The summed E-state index contributed by atoms with van der Waals surface area (Å²) in [6.45, 7) is 9.17. The molecule has 0 fully saturated rings. The molecular formula is C37H42N2O2. The van der Waals surface area contributed by atoms with Crippen molar-refractivity contribution in [1.29, 1.82) is 0 Å². The summed E-state index contributed by atoms with van der Waals surface area (Å²) in [5, 5.41) is 0. The molecule has 212 valence electrons. The van der Waals surface area contributed by atoms with Gasteiger partial charge in [0.05, 0.1) is 13.0 Å². The second kappa shape index (κ2) is 15.7. The number of carbonyl (C=O) groups is 1. The minimum Gasteiger partial charge on any atom is -0.469 e. The van der Waals surface area contributed by atoms with Gasteiger partial charge in [-0.2, -0.15) is 0 Å². The quantitative estimate of drug-likeness (QED) is 0.115. The maximum absolute atomic E-state index is 13.7. The highest BCUT2D eigenvalue weighted by molar-refractivity contribution is 5.73. The normalized spacial score (nSPS) is 13.5. The Balaban J connectivity index is 1.80. The zero-order chi connectivity index (χ0) is 28.9. The summed E-state index contributed by atoms with van der Waals surface area (Å²) in [5.41, 5.74) is 4.78. The number of hydrogen-bond donors (Lipinski definition) is 0. The summed E-state index contributed by atoms with van der Waals surface area (Å²) in [5.74, 6) is -0.559. The molecule has 0 aromatic heterocycles. The van der Waals surface area contributed by atoms with E-state index in [9.17, 15) is 4.79 Å². The van der Waals surface area contributed by atoms with E-state index in [2.05, 4.69) is 108 Å². The van der Waals surface area contributed by atoms with E-state index in [-0.39, 0.29) is 24.0 Å². The van der Waals surface area contributed by atoms with Crippen molar-refractivity contribution in [1.82, 2.24) is 9.80 Å². The molecule has 0 aliphatic rings. The van der Waals surface area contributed by atoms with E-state index in [0.717, 1.165) is 12.1 Å². The average molecular weight is 547 g/mol. The van der Waals surface area contributed by atoms with Crippen molar-refractivity contribution in [2.24, 2.45) is 5.92 Å². The lowest BCUT2D eigenvalue weighted by Gasteiger charge is -2.42. The number of esters is 1. The Bertz CT molecular complexity index is 1310. The van der Waals surface area contributed by atoms with Crippen LogP contribution in [0.25, 0.3) is 0 Å². The lowest BCUT2D eigenvalue weighted by atomic mass is 9.88. The molecule has 0 saturated heterocycles. The standard InChI is InChI=1S/C37H42N2O2/c1-4-25-38(27-32-19-11-6-12-20-32)29-36(35(37(40)41-3)26-31-17-9-5-10-18-31)39(28-33-21-13-7-14-22-33)30(2)34-23-15-8-16-24-34/h4-24,30,35-36H,1,25-29H2,2-3H3/t30-,35-,36-/m0/s1. The zero-order valence-electron chi connectivity index (χ0n) is 24.3. The molecule has 0 bridgehead atoms. The SMILES string of the molecule is C=CCN(Cc1ccccc1)C[C@@H]([C@H](Cc1ccccc1)C(=O)OC)N(Cc1ccccc1)[C@@H](C)c1ccccc1. The molecule has 41 heavy (non-hydrogen) atoms. The van der Waals surface area contributed by atoms with Gasteiger partial charge >= 0.3 is 5.97 Å². The third-order valence-electron chi connectivity index (χ3n) is 7.76. The van der Waals surface area contributed by atoms with Gasteiger partial charge in [0.25, 0.3) is 0 Å². The summed E-state index contributed by atoms with van der Waals surface area (Å²) in [4.78, 5) is 18.6. The van der Waals surface area contributed by atoms with Crippen LogP contribution in [0.2, 0.25) is 0 Å². The number of benzene rings is 4. The third-order valence-corrected chi connectivity index (χ3v) is 7.76. The Labute approximate surface area is 245 Å². The first-order valence-corrected chi connectivity index (χ1v) is 14.4. The first-order chi connectivity index (χ1) is 20.1. The van der Waals surface area contributed by atoms with Gasteiger partial charge in [-0.1, -0.05) is 127 Å². The Morgan fingerprint density at radius 3 is 1.76 bits per heavy atom. The van der Waals surface area contributed by atoms with Crippen LogP contribution in [0, 0.1) is 5.92 Å². The number of nitrogens with zero attached hydrogens (tertiary/aromatic N) is 2. The summed E-state index contributed by atoms with van der Waals surface area (Å²) < 4.78 is 5.51. The van der Waals surface area contributed by atoms with Crippen molar-refractivity contribution in [2.75, 3.05) is 20.2 Å². The predicted molar refractivity (Wildman–Crippen MR) is 168 cm³/mol. The Morgan fingerprint density at radius 1 is 0.756 bits per heavy atom. The lowest BCUT2D eigenvalue weighted by molar-refractivity contribution is -0.149. The van der Waals surface area contributed by atoms with Crippen molar-refractivity contribution < 1.29 is 9.53 Å². The second-order valence-electron chi connectivity index (χ2n) is 10.6. The molecule has 0 amide bonds. The largest absolute Gasteiger partial charge is 0.469 e. The van der Waals surface area contributed by atoms with Gasteiger partial charge in [-0.15, -0.1) is 6.58 Å². The molecule has 0 spiro atoms. The average Bonchev–Trinajstić information content (AvgIpc) is 3.03. The molecule has 4 nitrogen and oxygen atoms in total. The number of ether oxygens (including phenoxy) is 1. The molecule has 0 N–H and O–H groups in total. The fourth-order valence-electron chi connectivity index (χ4n) is 5.61. The topological polar surface area (TPSA) is 32.8 Å². The highest BCUT2D eigenvalue weighted by atomic mass is 16.5. The fourth-order valence-corrected chi connectivity index (χ4v) is 5.61. The molecule has 4 heteroatoms. The van der Waals surface area contributed by atoms with Crippen LogP contribution in [-0.4, -0.2) is 42.0 Å². The van der Waals surface area contributed by atoms with Crippen LogP contribution in [-0.2, 0) is 29.0 Å². The van der Waals surface area contributed by atoms with E-state index in [1.54, 1.807) is 0 Å². The van der Waals surface area contributed by atoms with Crippen LogP contribution in [0.4, 0.5) is 0 Å². The van der Waals surface area contributed by atoms with E-state index < -0.39 is 0 Å². The Morgan fingerprint density at radius 2 is 1.24 bits per heavy atom. The zero-order valence-corrected chi connectivity index (χ0v) is 24.3. The molecule has 4 rings (SSSR count). The van der Waals surface area contributed by atoms with Gasteiger partial charge in [-0.05, 0) is 35.6 Å². The van der Waals surface area contributed by atoms with Crippen molar-refractivity contribution >= 4 is 5.97 Å². The Hall–Kier alpha value is -3.99. The molecule has 0 aliphatic heterocycles. The summed E-state index contributed by atoms with van der Waals surface area (Å²) in [6, 6.07) is 41.8. The van der Waals surface area contributed by atoms with Gasteiger partial charge in [-0.3, -0.25) is 14.6 Å². The fraction of sp³-hybridized carbons (Fsp3) is 0.270. The molecule has 0 unspecified atom stereocenters. The monoisotopic (exact) mass is 546 g/mol. The summed E-state index contributed by atoms with van der Waals surface area (Å²) in [7, 11) is 1.50. The van der Waals surface area contributed by atoms with Crippen LogP contribution in [0.1, 0.15) is 35.2 Å². The molecule has 0 saturated carbocycles. The number of methoxy groups -OCH3 is 1. The van der Waals surface area contributed by atoms with Crippen molar-refractivity contribution in [3.05, 3.63) is 156 Å². The lowest BCUT2D eigenvalue weighted by Crippen LogP contribution is -2.51. The van der Waals surface area contributed by atoms with E-state index >= 15 is 0 Å². The number of carbonyl (C=O) groups excluding carboxylic acids is 1. The van der Waals surface area contributed by atoms with Gasteiger partial charge in [0.2, 0.25) is 0 Å². The van der Waals surface area contributed by atoms with Crippen LogP contribution in [0.15, 0.2) is 134 Å². The molecule has 4 aromatic carbocycles. The molecule has 3 atom stereocenters. The predicted octanol–water partition coefficient (Wildman–Crippen LogP) is 7.34. The Kier molecular flexibility index (Phi) is 11.5. The maximum atomic E-state index is 13.7. The number of hydrogen-bond acceptors (Lipinski definition) is 4. The van der Waals surface area contributed by atoms with Gasteiger partial charge in [-0.25, -0.2) is 0 Å². The van der Waals surface area contributed by atoms with Crippen LogP contribution in [0.5, 0.6) is 0 Å². The minimum absolute atomic E-state index is 0.0617. The third kappa shape index (κ3) is 8.75. The second-order valence-corrected chi connectivity index (χ2v) is 10.6. The molecular weight excluding hydrogens is 504 g/mol. The smallest absolute Gasteiger partial charge is 0.310 e. The van der Waals surface area contributed by atoms with Gasteiger partial charge in [0, 0.05) is 38.3 Å². The molecule has 0 radical (unpaired) electrons. The van der Waals surface area contributed by atoms with E-state index in [0.29, 0.717) is 26.1 Å². The van der Waals surface area contributed by atoms with Gasteiger partial charge < -0.3 is 4.74 Å². The molecule has 0 heterocycles. The van der Waals surface area contributed by atoms with Crippen molar-refractivity contribution in [3.8, 4) is 0 Å². The van der Waals surface area contributed by atoms with Crippen molar-refractivity contribution in [3.63, 3.8) is 0 Å². The van der Waals surface area contributed by atoms with Gasteiger partial charge in [0.1, 0.15) is 0 Å². The molecule has 4 aromatic rings. The van der Waals surface area contributed by atoms with Crippen LogP contribution >= 0.6 is 0 Å². The first-order valence-electron chi connectivity index (χ1n) is 14.4. The molecule has 0 aliphatic carbocycles. The minimum atomic E-state index is -0.375.